The van der Waals surface area contributed by atoms with Crippen molar-refractivity contribution in [3.63, 3.8) is 0 Å². The van der Waals surface area contributed by atoms with E-state index in [1.54, 1.807) is 6.92 Å². The summed E-state index contributed by atoms with van der Waals surface area (Å²) >= 11 is 0. The van der Waals surface area contributed by atoms with E-state index in [-0.39, 0.29) is 22.3 Å². The monoisotopic (exact) mass is 319 g/mol. The van der Waals surface area contributed by atoms with Gasteiger partial charge in [-0.05, 0) is 26.0 Å². The first-order valence-electron chi connectivity index (χ1n) is 6.40. The zero-order valence-corrected chi connectivity index (χ0v) is 12.7. The lowest BCUT2D eigenvalue weighted by Crippen LogP contribution is -2.15. The summed E-state index contributed by atoms with van der Waals surface area (Å²) < 4.78 is 33.4. The molecule has 2 aromatic heterocycles. The third-order valence-corrected chi connectivity index (χ3v) is 4.55. The fraction of sp³-hybridized carbons (Fsp3) is 0.154. The van der Waals surface area contributed by atoms with Crippen molar-refractivity contribution >= 4 is 16.0 Å². The van der Waals surface area contributed by atoms with Crippen LogP contribution < -0.4 is 4.72 Å². The molecule has 9 heteroatoms. The minimum absolute atomic E-state index is 0.00330. The molecule has 3 aromatic rings. The standard InChI is InChI=1S/C13H13N5O3S/c1-9-12(10(2)21-16-9)22(19,20)17-13-14-8-18(15-13)11-6-4-3-5-7-11/h3-8H,1-2H3,(H,15,17). The Morgan fingerprint density at radius 3 is 2.55 bits per heavy atom. The van der Waals surface area contributed by atoms with E-state index in [9.17, 15) is 8.42 Å². The summed E-state index contributed by atoms with van der Waals surface area (Å²) in [6.45, 7) is 3.09. The van der Waals surface area contributed by atoms with Gasteiger partial charge in [-0.1, -0.05) is 23.4 Å². The molecule has 8 nitrogen and oxygen atoms in total. The summed E-state index contributed by atoms with van der Waals surface area (Å²) in [6, 6.07) is 9.25. The number of hydrogen-bond donors (Lipinski definition) is 1. The number of benzene rings is 1. The molecule has 0 radical (unpaired) electrons. The second-order valence-electron chi connectivity index (χ2n) is 4.61. The molecule has 1 aromatic carbocycles. The average molecular weight is 319 g/mol. The Bertz CT molecular complexity index is 879. The normalized spacial score (nSPS) is 11.5. The lowest BCUT2D eigenvalue weighted by Gasteiger charge is -2.03. The van der Waals surface area contributed by atoms with Crippen molar-refractivity contribution < 1.29 is 12.9 Å². The molecule has 0 spiro atoms. The van der Waals surface area contributed by atoms with Gasteiger partial charge in [0, 0.05) is 0 Å². The molecule has 0 atom stereocenters. The fourth-order valence-corrected chi connectivity index (χ4v) is 3.32. The molecule has 114 valence electrons. The predicted molar refractivity (Wildman–Crippen MR) is 78.1 cm³/mol. The van der Waals surface area contributed by atoms with E-state index in [1.165, 1.54) is 17.9 Å². The topological polar surface area (TPSA) is 103 Å². The Balaban J connectivity index is 1.90. The van der Waals surface area contributed by atoms with Crippen LogP contribution in [0.15, 0.2) is 46.1 Å². The van der Waals surface area contributed by atoms with Crippen LogP contribution in [0.2, 0.25) is 0 Å². The van der Waals surface area contributed by atoms with Gasteiger partial charge in [0.2, 0.25) is 0 Å². The number of nitrogens with one attached hydrogen (secondary N) is 1. The van der Waals surface area contributed by atoms with Gasteiger partial charge < -0.3 is 4.52 Å². The van der Waals surface area contributed by atoms with Gasteiger partial charge in [-0.15, -0.1) is 5.10 Å². The minimum atomic E-state index is -3.84. The molecule has 0 saturated heterocycles. The minimum Gasteiger partial charge on any atom is -0.360 e. The Morgan fingerprint density at radius 1 is 1.18 bits per heavy atom. The van der Waals surface area contributed by atoms with Crippen molar-refractivity contribution in [3.8, 4) is 5.69 Å². The van der Waals surface area contributed by atoms with E-state index in [0.717, 1.165) is 5.69 Å². The lowest BCUT2D eigenvalue weighted by molar-refractivity contribution is 0.390. The van der Waals surface area contributed by atoms with Crippen LogP contribution in [0.4, 0.5) is 5.95 Å². The van der Waals surface area contributed by atoms with Gasteiger partial charge in [0.25, 0.3) is 16.0 Å². The lowest BCUT2D eigenvalue weighted by atomic mass is 10.3. The molecule has 0 aliphatic carbocycles. The van der Waals surface area contributed by atoms with Gasteiger partial charge >= 0.3 is 0 Å². The molecule has 0 fully saturated rings. The predicted octanol–water partition coefficient (Wildman–Crippen LogP) is 1.67. The highest BCUT2D eigenvalue weighted by Crippen LogP contribution is 2.21. The van der Waals surface area contributed by atoms with Crippen molar-refractivity contribution in [2.45, 2.75) is 18.7 Å². The molecule has 0 bridgehead atoms. The number of sulfonamides is 1. The first-order valence-corrected chi connectivity index (χ1v) is 7.88. The number of rotatable bonds is 4. The molecule has 3 rings (SSSR count). The van der Waals surface area contributed by atoms with Crippen LogP contribution in [0.3, 0.4) is 0 Å². The Morgan fingerprint density at radius 2 is 1.91 bits per heavy atom. The summed E-state index contributed by atoms with van der Waals surface area (Å²) in [6.07, 6.45) is 1.43. The SMILES string of the molecule is Cc1noc(C)c1S(=O)(=O)Nc1ncn(-c2ccccc2)n1. The highest BCUT2D eigenvalue weighted by molar-refractivity contribution is 7.92. The third kappa shape index (κ3) is 2.58. The third-order valence-electron chi connectivity index (χ3n) is 2.97. The van der Waals surface area contributed by atoms with Crippen molar-refractivity contribution in [2.24, 2.45) is 0 Å². The number of para-hydroxylation sites is 1. The van der Waals surface area contributed by atoms with Crippen LogP contribution >= 0.6 is 0 Å². The Kier molecular flexibility index (Phi) is 3.41. The van der Waals surface area contributed by atoms with Crippen molar-refractivity contribution in [2.75, 3.05) is 4.72 Å². The van der Waals surface area contributed by atoms with Crippen LogP contribution in [0.1, 0.15) is 11.5 Å². The largest absolute Gasteiger partial charge is 0.360 e. The molecule has 0 saturated carbocycles. The number of aromatic nitrogens is 4. The van der Waals surface area contributed by atoms with Gasteiger partial charge in [0.05, 0.1) is 5.69 Å². The molecule has 2 heterocycles. The first-order chi connectivity index (χ1) is 10.5. The second-order valence-corrected chi connectivity index (χ2v) is 6.23. The smallest absolute Gasteiger partial charge is 0.269 e. The van der Waals surface area contributed by atoms with Gasteiger partial charge in [0.1, 0.15) is 12.0 Å². The maximum absolute atomic E-state index is 12.3. The van der Waals surface area contributed by atoms with Gasteiger partial charge in [0.15, 0.2) is 10.7 Å². The Labute approximate surface area is 126 Å². The number of hydrogen-bond acceptors (Lipinski definition) is 6. The molecule has 0 amide bonds. The van der Waals surface area contributed by atoms with E-state index < -0.39 is 10.0 Å². The molecule has 0 aliphatic rings. The average Bonchev–Trinajstić information content (AvgIpc) is 3.06. The summed E-state index contributed by atoms with van der Waals surface area (Å²) in [5.74, 6) is 0.191. The number of nitrogens with zero attached hydrogens (tertiary/aromatic N) is 4. The van der Waals surface area contributed by atoms with Gasteiger partial charge in [-0.3, -0.25) is 0 Å². The fourth-order valence-electron chi connectivity index (χ4n) is 2.04. The Hall–Kier alpha value is -2.68. The van der Waals surface area contributed by atoms with Crippen molar-refractivity contribution in [3.05, 3.63) is 48.1 Å². The highest BCUT2D eigenvalue weighted by Gasteiger charge is 2.25. The van der Waals surface area contributed by atoms with E-state index in [1.807, 2.05) is 30.3 Å². The second kappa shape index (κ2) is 5.26. The van der Waals surface area contributed by atoms with Crippen LogP contribution in [-0.2, 0) is 10.0 Å². The van der Waals surface area contributed by atoms with Crippen LogP contribution in [-0.4, -0.2) is 28.3 Å². The van der Waals surface area contributed by atoms with E-state index in [2.05, 4.69) is 20.0 Å². The van der Waals surface area contributed by atoms with Crippen molar-refractivity contribution in [1.29, 1.82) is 0 Å². The maximum Gasteiger partial charge on any atom is 0.269 e. The number of anilines is 1. The molecular formula is C13H13N5O3S. The summed E-state index contributed by atoms with van der Waals surface area (Å²) in [4.78, 5) is 3.96. The van der Waals surface area contributed by atoms with E-state index in [4.69, 9.17) is 4.52 Å². The molecule has 0 unspecified atom stereocenters. The zero-order chi connectivity index (χ0) is 15.7. The summed E-state index contributed by atoms with van der Waals surface area (Å²) in [5.41, 5.74) is 1.06. The molecular weight excluding hydrogens is 306 g/mol. The van der Waals surface area contributed by atoms with Gasteiger partial charge in [-0.2, -0.15) is 4.98 Å². The van der Waals surface area contributed by atoms with Crippen LogP contribution in [0.5, 0.6) is 0 Å². The molecule has 0 aliphatic heterocycles. The number of aryl methyl sites for hydroxylation is 2. The highest BCUT2D eigenvalue weighted by atomic mass is 32.2. The quantitative estimate of drug-likeness (QED) is 0.784. The van der Waals surface area contributed by atoms with E-state index >= 15 is 0 Å². The van der Waals surface area contributed by atoms with Crippen LogP contribution in [0, 0.1) is 13.8 Å². The van der Waals surface area contributed by atoms with Crippen molar-refractivity contribution in [1.82, 2.24) is 19.9 Å². The molecule has 1 N–H and O–H groups in total. The van der Waals surface area contributed by atoms with E-state index in [0.29, 0.717) is 0 Å². The molecule has 22 heavy (non-hydrogen) atoms. The maximum atomic E-state index is 12.3. The first kappa shape index (κ1) is 14.3. The van der Waals surface area contributed by atoms with Crippen LogP contribution in [0.25, 0.3) is 5.69 Å². The zero-order valence-electron chi connectivity index (χ0n) is 11.9. The van der Waals surface area contributed by atoms with Gasteiger partial charge in [-0.25, -0.2) is 17.8 Å². The summed E-state index contributed by atoms with van der Waals surface area (Å²) in [7, 11) is -3.84. The summed E-state index contributed by atoms with van der Waals surface area (Å²) in [5, 5.41) is 7.74.